The lowest BCUT2D eigenvalue weighted by Crippen LogP contribution is -2.14. The Morgan fingerprint density at radius 3 is 2.00 bits per heavy atom. The van der Waals surface area contributed by atoms with Gasteiger partial charge in [0, 0.05) is 51.1 Å². The minimum atomic E-state index is 0.0596. The maximum Gasteiger partial charge on any atom is 0.0717 e. The molecule has 0 saturated heterocycles. The summed E-state index contributed by atoms with van der Waals surface area (Å²) in [6.45, 7) is 4.67. The van der Waals surface area contributed by atoms with E-state index in [1.54, 1.807) is 0 Å². The van der Waals surface area contributed by atoms with E-state index in [2.05, 4.69) is 110 Å². The van der Waals surface area contributed by atoms with E-state index < -0.39 is 0 Å². The predicted octanol–water partition coefficient (Wildman–Crippen LogP) is 9.97. The number of para-hydroxylation sites is 1. The van der Waals surface area contributed by atoms with E-state index in [-0.39, 0.29) is 5.41 Å². The largest absolute Gasteiger partial charge is 0.398 e. The first-order valence-electron chi connectivity index (χ1n) is 15.1. The fraction of sp³-hybridized carbons (Fsp3) is 0.0976. The van der Waals surface area contributed by atoms with Gasteiger partial charge in [0.25, 0.3) is 0 Å². The maximum atomic E-state index is 8.07. The van der Waals surface area contributed by atoms with Gasteiger partial charge in [0.15, 0.2) is 0 Å². The van der Waals surface area contributed by atoms with Crippen molar-refractivity contribution < 1.29 is 0 Å². The van der Waals surface area contributed by atoms with E-state index in [0.29, 0.717) is 11.4 Å². The molecule has 3 N–H and O–H groups in total. The molecule has 0 aliphatic heterocycles. The molecule has 2 aliphatic carbocycles. The van der Waals surface area contributed by atoms with E-state index in [1.165, 1.54) is 55.2 Å². The van der Waals surface area contributed by atoms with Crippen molar-refractivity contribution >= 4 is 33.2 Å². The van der Waals surface area contributed by atoms with Crippen LogP contribution in [0.4, 0.5) is 5.69 Å². The van der Waals surface area contributed by atoms with E-state index in [9.17, 15) is 0 Å². The highest BCUT2D eigenvalue weighted by Crippen LogP contribution is 2.49. The van der Waals surface area contributed by atoms with Crippen molar-refractivity contribution in [2.24, 2.45) is 7.05 Å². The third-order valence-electron chi connectivity index (χ3n) is 9.66. The first-order valence-corrected chi connectivity index (χ1v) is 15.1. The Morgan fingerprint density at radius 1 is 0.545 bits per heavy atom. The molecule has 2 aliphatic rings. The summed E-state index contributed by atoms with van der Waals surface area (Å²) in [5.74, 6) is 0. The average Bonchev–Trinajstić information content (AvgIpc) is 3.61. The average molecular weight is 568 g/mol. The zero-order valence-corrected chi connectivity index (χ0v) is 25.1. The Balaban J connectivity index is 0.000000162. The number of aryl methyl sites for hydroxylation is 1. The maximum absolute atomic E-state index is 8.07. The topological polar surface area (TPSA) is 54.8 Å². The van der Waals surface area contributed by atoms with Gasteiger partial charge in [0.1, 0.15) is 0 Å². The Kier molecular flexibility index (Phi) is 5.69. The Labute approximate surface area is 257 Å². The highest BCUT2D eigenvalue weighted by atomic mass is 14.9. The number of rotatable bonds is 1. The minimum Gasteiger partial charge on any atom is -0.398 e. The Bertz CT molecular complexity index is 2300. The number of nitrogens with zero attached hydrogens (tertiary/aromatic N) is 1. The van der Waals surface area contributed by atoms with Crippen LogP contribution in [-0.2, 0) is 12.5 Å². The molecule has 0 unspecified atom stereocenters. The summed E-state index contributed by atoms with van der Waals surface area (Å²) < 4.78 is 2.29. The van der Waals surface area contributed by atoms with Crippen LogP contribution in [0, 0.1) is 5.41 Å². The molecular weight excluding hydrogens is 534 g/mol. The van der Waals surface area contributed by atoms with Crippen LogP contribution in [-0.4, -0.2) is 10.3 Å². The van der Waals surface area contributed by atoms with Gasteiger partial charge in [-0.3, -0.25) is 5.41 Å². The monoisotopic (exact) mass is 567 g/mol. The lowest BCUT2D eigenvalue weighted by atomic mass is 9.82. The molecule has 6 aromatic carbocycles. The van der Waals surface area contributed by atoms with Crippen LogP contribution in [0.1, 0.15) is 36.1 Å². The number of benzene rings is 6. The second kappa shape index (κ2) is 9.55. The molecule has 1 aromatic heterocycles. The van der Waals surface area contributed by atoms with Crippen LogP contribution in [0.15, 0.2) is 127 Å². The lowest BCUT2D eigenvalue weighted by molar-refractivity contribution is 0.660. The van der Waals surface area contributed by atoms with Crippen molar-refractivity contribution in [3.05, 3.63) is 150 Å². The van der Waals surface area contributed by atoms with Crippen molar-refractivity contribution in [3.63, 3.8) is 0 Å². The minimum absolute atomic E-state index is 0.0596. The van der Waals surface area contributed by atoms with Gasteiger partial charge in [-0.25, -0.2) is 0 Å². The van der Waals surface area contributed by atoms with E-state index >= 15 is 0 Å². The molecule has 44 heavy (non-hydrogen) atoms. The van der Waals surface area contributed by atoms with E-state index in [0.717, 1.165) is 22.3 Å². The number of nitrogen functional groups attached to an aromatic ring is 1. The number of anilines is 1. The summed E-state index contributed by atoms with van der Waals surface area (Å²) in [6.07, 6.45) is 0. The molecule has 0 fully saturated rings. The van der Waals surface area contributed by atoms with Crippen molar-refractivity contribution in [1.82, 2.24) is 4.57 Å². The van der Waals surface area contributed by atoms with Crippen molar-refractivity contribution in [2.75, 3.05) is 5.73 Å². The molecule has 0 saturated carbocycles. The highest BCUT2D eigenvalue weighted by Gasteiger charge is 2.35. The zero-order valence-electron chi connectivity index (χ0n) is 25.1. The highest BCUT2D eigenvalue weighted by molar-refractivity contribution is 6.25. The van der Waals surface area contributed by atoms with Crippen LogP contribution in [0.5, 0.6) is 0 Å². The molecule has 0 radical (unpaired) electrons. The molecule has 9 rings (SSSR count). The summed E-state index contributed by atoms with van der Waals surface area (Å²) in [6, 6.07) is 45.1. The number of nitrogens with one attached hydrogen (secondary N) is 1. The molecule has 0 spiro atoms. The molecule has 7 aromatic rings. The molecule has 3 heteroatoms. The first-order chi connectivity index (χ1) is 21.3. The molecule has 1 heterocycles. The number of aromatic nitrogens is 1. The van der Waals surface area contributed by atoms with Crippen molar-refractivity contribution in [3.8, 4) is 33.4 Å². The quantitative estimate of drug-likeness (QED) is 0.191. The van der Waals surface area contributed by atoms with Gasteiger partial charge in [-0.2, -0.15) is 0 Å². The lowest BCUT2D eigenvalue weighted by Gasteiger charge is -2.21. The summed E-state index contributed by atoms with van der Waals surface area (Å²) >= 11 is 0. The normalized spacial score (nSPS) is 13.7. The fourth-order valence-corrected chi connectivity index (χ4v) is 7.39. The summed E-state index contributed by atoms with van der Waals surface area (Å²) in [5.41, 5.74) is 22.0. The smallest absolute Gasteiger partial charge is 0.0717 e. The Morgan fingerprint density at radius 2 is 1.16 bits per heavy atom. The van der Waals surface area contributed by atoms with Gasteiger partial charge in [-0.1, -0.05) is 111 Å². The van der Waals surface area contributed by atoms with Crippen LogP contribution < -0.4 is 5.73 Å². The van der Waals surface area contributed by atoms with Crippen LogP contribution >= 0.6 is 0 Å². The van der Waals surface area contributed by atoms with E-state index in [4.69, 9.17) is 11.1 Å². The summed E-state index contributed by atoms with van der Waals surface area (Å²) in [5, 5.41) is 10.7. The molecule has 0 amide bonds. The standard InChI is InChI=1S/C28H23N.C13H10N2/c1-28(2)24-10-6-4-8-20(24)22-16-18(12-14-25(22)28)19-13-15-27-23(17-19)21-9-5-7-11-26(21)29(27)3;14-11-7-3-6-9-8-4-1-2-5-10(8)13(15)12(9)11/h4-17H,1-3H3;1-7,15H,14H2. The van der Waals surface area contributed by atoms with Gasteiger partial charge in [0.05, 0.1) is 5.71 Å². The molecule has 3 nitrogen and oxygen atoms in total. The van der Waals surface area contributed by atoms with Crippen molar-refractivity contribution in [2.45, 2.75) is 19.3 Å². The van der Waals surface area contributed by atoms with Gasteiger partial charge in [-0.05, 0) is 74.8 Å². The summed E-state index contributed by atoms with van der Waals surface area (Å²) in [4.78, 5) is 0. The fourth-order valence-electron chi connectivity index (χ4n) is 7.39. The van der Waals surface area contributed by atoms with Crippen LogP contribution in [0.3, 0.4) is 0 Å². The second-order valence-corrected chi connectivity index (χ2v) is 12.4. The molecular formula is C41H33N3. The first kappa shape index (κ1) is 26.2. The SMILES string of the molecule is Cn1c2ccccc2c2cc(-c3ccc4c(c3)-c3ccccc3C4(C)C)ccc21.N=C1c2ccccc2-c2cccc(N)c21. The predicted molar refractivity (Wildman–Crippen MR) is 186 cm³/mol. The van der Waals surface area contributed by atoms with Gasteiger partial charge in [-0.15, -0.1) is 0 Å². The number of nitrogens with two attached hydrogens (primary N) is 1. The number of hydrogen-bond donors (Lipinski definition) is 2. The van der Waals surface area contributed by atoms with Gasteiger partial charge in [0.2, 0.25) is 0 Å². The van der Waals surface area contributed by atoms with Crippen molar-refractivity contribution in [1.29, 1.82) is 5.41 Å². The molecule has 212 valence electrons. The summed E-state index contributed by atoms with van der Waals surface area (Å²) in [7, 11) is 2.15. The number of fused-ring (bicyclic) bond motifs is 9. The zero-order chi connectivity index (χ0) is 30.2. The van der Waals surface area contributed by atoms with Gasteiger partial charge >= 0.3 is 0 Å². The molecule has 0 atom stereocenters. The second-order valence-electron chi connectivity index (χ2n) is 12.4. The number of hydrogen-bond acceptors (Lipinski definition) is 2. The van der Waals surface area contributed by atoms with Gasteiger partial charge < -0.3 is 10.3 Å². The molecule has 0 bridgehead atoms. The van der Waals surface area contributed by atoms with Crippen LogP contribution in [0.25, 0.3) is 55.2 Å². The third-order valence-corrected chi connectivity index (χ3v) is 9.66. The third kappa shape index (κ3) is 3.72. The Hall–Kier alpha value is -5.41. The van der Waals surface area contributed by atoms with E-state index in [1.807, 2.05) is 42.5 Å². The van der Waals surface area contributed by atoms with Crippen LogP contribution in [0.2, 0.25) is 0 Å².